The highest BCUT2D eigenvalue weighted by molar-refractivity contribution is 7.91. The van der Waals surface area contributed by atoms with E-state index in [0.717, 1.165) is 0 Å². The summed E-state index contributed by atoms with van der Waals surface area (Å²) >= 11 is 6.13. The normalized spacial score (nSPS) is 11.6. The van der Waals surface area contributed by atoms with Gasteiger partial charge in [0.25, 0.3) is 0 Å². The van der Waals surface area contributed by atoms with Gasteiger partial charge in [-0.05, 0) is 35.9 Å². The second-order valence-corrected chi connectivity index (χ2v) is 8.24. The number of hydrogen-bond acceptors (Lipinski definition) is 4. The third-order valence-electron chi connectivity index (χ3n) is 4.21. The van der Waals surface area contributed by atoms with E-state index in [-0.39, 0.29) is 16.0 Å². The molecule has 4 aromatic rings. The molecule has 27 heavy (non-hydrogen) atoms. The van der Waals surface area contributed by atoms with Gasteiger partial charge in [0.15, 0.2) is 4.90 Å². The summed E-state index contributed by atoms with van der Waals surface area (Å²) in [6.07, 6.45) is 0. The van der Waals surface area contributed by atoms with E-state index in [2.05, 4.69) is 0 Å². The van der Waals surface area contributed by atoms with E-state index in [9.17, 15) is 13.2 Å². The van der Waals surface area contributed by atoms with Crippen LogP contribution in [-0.2, 0) is 9.84 Å². The molecule has 0 atom stereocenters. The zero-order chi connectivity index (χ0) is 19.0. The van der Waals surface area contributed by atoms with Crippen molar-refractivity contribution in [3.63, 3.8) is 0 Å². The van der Waals surface area contributed by atoms with Crippen LogP contribution in [0.2, 0.25) is 5.02 Å². The van der Waals surface area contributed by atoms with Gasteiger partial charge in [-0.3, -0.25) is 0 Å². The van der Waals surface area contributed by atoms with Gasteiger partial charge < -0.3 is 4.42 Å². The maximum Gasteiger partial charge on any atom is 0.356 e. The molecule has 0 N–H and O–H groups in total. The van der Waals surface area contributed by atoms with Crippen LogP contribution in [0, 0.1) is 0 Å². The average Bonchev–Trinajstić information content (AvgIpc) is 2.68. The van der Waals surface area contributed by atoms with Crippen molar-refractivity contribution in [2.24, 2.45) is 0 Å². The summed E-state index contributed by atoms with van der Waals surface area (Å²) in [5, 5.41) is 0.874. The summed E-state index contributed by atoms with van der Waals surface area (Å²) in [6.45, 7) is 0. The van der Waals surface area contributed by atoms with Gasteiger partial charge >= 0.3 is 5.63 Å². The van der Waals surface area contributed by atoms with E-state index in [1.807, 2.05) is 6.07 Å². The molecule has 1 aromatic heterocycles. The molecule has 0 aliphatic carbocycles. The molecule has 0 saturated heterocycles. The van der Waals surface area contributed by atoms with Crippen molar-refractivity contribution in [2.45, 2.75) is 9.79 Å². The number of sulfone groups is 1. The molecule has 0 aliphatic rings. The second-order valence-electron chi connectivity index (χ2n) is 5.92. The van der Waals surface area contributed by atoms with Crippen molar-refractivity contribution < 1.29 is 12.8 Å². The first-order valence-electron chi connectivity index (χ1n) is 8.10. The van der Waals surface area contributed by atoms with Crippen molar-refractivity contribution >= 4 is 32.4 Å². The molecule has 0 saturated carbocycles. The zero-order valence-corrected chi connectivity index (χ0v) is 15.5. The first kappa shape index (κ1) is 17.5. The highest BCUT2D eigenvalue weighted by atomic mass is 35.5. The quantitative estimate of drug-likeness (QED) is 0.460. The van der Waals surface area contributed by atoms with Crippen LogP contribution in [-0.4, -0.2) is 8.42 Å². The molecule has 134 valence electrons. The molecule has 0 fully saturated rings. The lowest BCUT2D eigenvalue weighted by molar-refractivity contribution is 0.533. The van der Waals surface area contributed by atoms with E-state index in [1.54, 1.807) is 60.7 Å². The largest absolute Gasteiger partial charge is 0.422 e. The summed E-state index contributed by atoms with van der Waals surface area (Å²) in [5.74, 6) is 0. The van der Waals surface area contributed by atoms with E-state index in [4.69, 9.17) is 16.0 Å². The van der Waals surface area contributed by atoms with Crippen LogP contribution in [0.5, 0.6) is 0 Å². The fourth-order valence-corrected chi connectivity index (χ4v) is 4.69. The monoisotopic (exact) mass is 396 g/mol. The van der Waals surface area contributed by atoms with Crippen molar-refractivity contribution in [1.82, 2.24) is 0 Å². The fourth-order valence-electron chi connectivity index (χ4n) is 3.01. The Labute approximate surface area is 160 Å². The van der Waals surface area contributed by atoms with Gasteiger partial charge in [-0.15, -0.1) is 0 Å². The van der Waals surface area contributed by atoms with Crippen LogP contribution in [0.1, 0.15) is 0 Å². The molecule has 1 heterocycles. The van der Waals surface area contributed by atoms with Crippen molar-refractivity contribution in [3.05, 3.63) is 94.3 Å². The van der Waals surface area contributed by atoms with Gasteiger partial charge in [-0.1, -0.05) is 60.1 Å². The molecular formula is C21H13ClO4S. The topological polar surface area (TPSA) is 64.3 Å². The van der Waals surface area contributed by atoms with Gasteiger partial charge in [-0.2, -0.15) is 0 Å². The maximum atomic E-state index is 13.3. The van der Waals surface area contributed by atoms with Crippen molar-refractivity contribution in [3.8, 4) is 11.1 Å². The molecular weight excluding hydrogens is 384 g/mol. The number of fused-ring (bicyclic) bond motifs is 1. The van der Waals surface area contributed by atoms with Crippen LogP contribution >= 0.6 is 11.6 Å². The summed E-state index contributed by atoms with van der Waals surface area (Å²) < 4.78 is 31.9. The third kappa shape index (κ3) is 3.05. The minimum atomic E-state index is -4.10. The fraction of sp³-hybridized carbons (Fsp3) is 0. The zero-order valence-electron chi connectivity index (χ0n) is 13.9. The second kappa shape index (κ2) is 6.68. The Kier molecular flexibility index (Phi) is 4.34. The Morgan fingerprint density at radius 3 is 2.11 bits per heavy atom. The highest BCUT2D eigenvalue weighted by Crippen LogP contribution is 2.36. The Morgan fingerprint density at radius 1 is 0.815 bits per heavy atom. The van der Waals surface area contributed by atoms with Crippen LogP contribution in [0.3, 0.4) is 0 Å². The number of hydrogen-bond donors (Lipinski definition) is 0. The number of rotatable bonds is 3. The van der Waals surface area contributed by atoms with Gasteiger partial charge in [0.1, 0.15) is 5.58 Å². The molecule has 0 amide bonds. The van der Waals surface area contributed by atoms with E-state index in [0.29, 0.717) is 16.0 Å². The van der Waals surface area contributed by atoms with Crippen LogP contribution in [0.4, 0.5) is 0 Å². The van der Waals surface area contributed by atoms with Gasteiger partial charge in [0.2, 0.25) is 9.84 Å². The minimum Gasteiger partial charge on any atom is -0.422 e. The lowest BCUT2D eigenvalue weighted by Gasteiger charge is -2.13. The lowest BCUT2D eigenvalue weighted by Crippen LogP contribution is -2.16. The minimum absolute atomic E-state index is 0.0239. The molecule has 4 nitrogen and oxygen atoms in total. The average molecular weight is 397 g/mol. The smallest absolute Gasteiger partial charge is 0.356 e. The summed E-state index contributed by atoms with van der Waals surface area (Å²) in [5.41, 5.74) is 0.239. The summed E-state index contributed by atoms with van der Waals surface area (Å²) in [6, 6.07) is 21.4. The Balaban J connectivity index is 2.19. The molecule has 4 rings (SSSR count). The Morgan fingerprint density at radius 2 is 1.44 bits per heavy atom. The SMILES string of the molecule is O=c1oc2ccc(Cl)cc2c(-c2ccccc2)c1S(=O)(=O)c1ccccc1. The van der Waals surface area contributed by atoms with Crippen molar-refractivity contribution in [1.29, 1.82) is 0 Å². The van der Waals surface area contributed by atoms with E-state index >= 15 is 0 Å². The number of halogens is 1. The lowest BCUT2D eigenvalue weighted by atomic mass is 10.0. The molecule has 0 aliphatic heterocycles. The van der Waals surface area contributed by atoms with Crippen molar-refractivity contribution in [2.75, 3.05) is 0 Å². The molecule has 6 heteroatoms. The highest BCUT2D eigenvalue weighted by Gasteiger charge is 2.29. The van der Waals surface area contributed by atoms with E-state index in [1.165, 1.54) is 12.1 Å². The van der Waals surface area contributed by atoms with Gasteiger partial charge in [-0.25, -0.2) is 13.2 Å². The van der Waals surface area contributed by atoms with Crippen LogP contribution in [0.15, 0.2) is 97.9 Å². The van der Waals surface area contributed by atoms with Crippen LogP contribution in [0.25, 0.3) is 22.1 Å². The first-order valence-corrected chi connectivity index (χ1v) is 9.96. The van der Waals surface area contributed by atoms with Crippen LogP contribution < -0.4 is 5.63 Å². The number of benzene rings is 3. The maximum absolute atomic E-state index is 13.3. The first-order chi connectivity index (χ1) is 13.0. The van der Waals surface area contributed by atoms with Gasteiger partial charge in [0, 0.05) is 16.0 Å². The molecule has 0 unspecified atom stereocenters. The Bertz CT molecular complexity index is 1290. The summed E-state index contributed by atoms with van der Waals surface area (Å²) in [4.78, 5) is 12.4. The molecule has 0 bridgehead atoms. The van der Waals surface area contributed by atoms with Gasteiger partial charge in [0.05, 0.1) is 4.90 Å². The molecule has 0 radical (unpaired) electrons. The molecule has 0 spiro atoms. The summed E-state index contributed by atoms with van der Waals surface area (Å²) in [7, 11) is -4.10. The molecule has 3 aromatic carbocycles. The third-order valence-corrected chi connectivity index (χ3v) is 6.25. The predicted molar refractivity (Wildman–Crippen MR) is 105 cm³/mol. The van der Waals surface area contributed by atoms with E-state index < -0.39 is 20.4 Å². The standard InChI is InChI=1S/C21H13ClO4S/c22-15-11-12-18-17(13-15)19(14-7-3-1-4-8-14)20(21(23)26-18)27(24,25)16-9-5-2-6-10-16/h1-13H. The Hall–Kier alpha value is -2.89. The predicted octanol–water partition coefficient (Wildman–Crippen LogP) is 4.95.